The van der Waals surface area contributed by atoms with Gasteiger partial charge in [0.25, 0.3) is 0 Å². The molecule has 1 N–H and O–H groups in total. The van der Waals surface area contributed by atoms with Crippen molar-refractivity contribution in [2.45, 2.75) is 38.3 Å². The van der Waals surface area contributed by atoms with Gasteiger partial charge in [0.15, 0.2) is 0 Å². The molecule has 2 bridgehead atoms. The molecule has 3 heterocycles. The third-order valence-corrected chi connectivity index (χ3v) is 4.35. The summed E-state index contributed by atoms with van der Waals surface area (Å²) < 4.78 is 4.99. The van der Waals surface area contributed by atoms with Gasteiger partial charge in [-0.3, -0.25) is 4.79 Å². The first-order valence-electron chi connectivity index (χ1n) is 7.48. The van der Waals surface area contributed by atoms with E-state index in [9.17, 15) is 4.79 Å². The Morgan fingerprint density at radius 1 is 1.43 bits per heavy atom. The number of hydrogen-bond acceptors (Lipinski definition) is 5. The van der Waals surface area contributed by atoms with E-state index in [1.54, 1.807) is 6.20 Å². The molecule has 1 aromatic rings. The van der Waals surface area contributed by atoms with Gasteiger partial charge in [-0.2, -0.15) is 0 Å². The highest BCUT2D eigenvalue weighted by Gasteiger charge is 2.42. The third-order valence-electron chi connectivity index (χ3n) is 4.35. The molecule has 2 aliphatic heterocycles. The summed E-state index contributed by atoms with van der Waals surface area (Å²) in [4.78, 5) is 20.8. The lowest BCUT2D eigenvalue weighted by molar-refractivity contribution is -0.134. The summed E-state index contributed by atoms with van der Waals surface area (Å²) in [7, 11) is -0.344. The molecule has 2 fully saturated rings. The molecule has 7 heteroatoms. The molecule has 1 amide bonds. The zero-order valence-corrected chi connectivity index (χ0v) is 12.2. The second-order valence-corrected chi connectivity index (χ2v) is 5.57. The molecule has 0 aromatic carbocycles. The number of hydrogen-bond donors (Lipinski definition) is 1. The highest BCUT2D eigenvalue weighted by molar-refractivity contribution is 6.17. The fourth-order valence-electron chi connectivity index (χ4n) is 3.40. The van der Waals surface area contributed by atoms with E-state index in [0.717, 1.165) is 31.7 Å². The Morgan fingerprint density at radius 2 is 2.14 bits per heavy atom. The van der Waals surface area contributed by atoms with Crippen LogP contribution in [0.25, 0.3) is 0 Å². The van der Waals surface area contributed by atoms with E-state index in [1.807, 2.05) is 19.1 Å². The Labute approximate surface area is 125 Å². The first-order valence-corrected chi connectivity index (χ1v) is 7.48. The van der Waals surface area contributed by atoms with Crippen molar-refractivity contribution in [2.24, 2.45) is 0 Å². The van der Waals surface area contributed by atoms with Crippen molar-refractivity contribution in [1.82, 2.24) is 9.88 Å². The van der Waals surface area contributed by atoms with Crippen LogP contribution in [0.15, 0.2) is 18.3 Å². The van der Waals surface area contributed by atoms with Crippen LogP contribution in [0.3, 0.4) is 0 Å². The Hall–Kier alpha value is -1.76. The quantitative estimate of drug-likeness (QED) is 0.808. The summed E-state index contributed by atoms with van der Waals surface area (Å²) in [6, 6.07) is 4.34. The minimum atomic E-state index is -0.344. The van der Waals surface area contributed by atoms with Crippen LogP contribution in [0.5, 0.6) is 5.75 Å². The number of piperazine rings is 1. The van der Waals surface area contributed by atoms with Crippen molar-refractivity contribution in [3.05, 3.63) is 18.3 Å². The van der Waals surface area contributed by atoms with Crippen LogP contribution in [0.2, 0.25) is 0 Å². The van der Waals surface area contributed by atoms with Crippen LogP contribution in [0.4, 0.5) is 5.82 Å². The molecule has 2 atom stereocenters. The maximum atomic E-state index is 12.0. The predicted molar refractivity (Wildman–Crippen MR) is 80.4 cm³/mol. The van der Waals surface area contributed by atoms with Crippen LogP contribution < -0.4 is 9.55 Å². The molecule has 3 rings (SSSR count). The second kappa shape index (κ2) is 5.93. The highest BCUT2D eigenvalue weighted by atomic mass is 16.5. The molecule has 2 aliphatic rings. The van der Waals surface area contributed by atoms with Gasteiger partial charge in [0.2, 0.25) is 5.91 Å². The minimum Gasteiger partial charge on any atom is -0.538 e. The van der Waals surface area contributed by atoms with Crippen LogP contribution in [-0.2, 0) is 4.79 Å². The summed E-state index contributed by atoms with van der Waals surface area (Å²) in [6.45, 7) is 3.61. The van der Waals surface area contributed by atoms with Crippen molar-refractivity contribution in [1.29, 1.82) is 0 Å². The molecule has 6 nitrogen and oxygen atoms in total. The number of fused-ring (bicyclic) bond motifs is 2. The Bertz CT molecular complexity index is 497. The topological polar surface area (TPSA) is 65.9 Å². The number of carbonyl (C=O) groups is 1. The predicted octanol–water partition coefficient (Wildman–Crippen LogP) is 0.309. The molecule has 2 saturated heterocycles. The lowest BCUT2D eigenvalue weighted by atomic mass is 10.1. The lowest BCUT2D eigenvalue weighted by Gasteiger charge is -2.41. The van der Waals surface area contributed by atoms with Gasteiger partial charge >= 0.3 is 7.69 Å². The number of aromatic nitrogens is 1. The van der Waals surface area contributed by atoms with E-state index < -0.39 is 0 Å². The molecule has 0 saturated carbocycles. The number of nitrogens with zero attached hydrogens (tertiary/aromatic N) is 3. The van der Waals surface area contributed by atoms with Gasteiger partial charge in [-0.15, -0.1) is 0 Å². The fraction of sp³-hybridized carbons (Fsp3) is 0.571. The van der Waals surface area contributed by atoms with Gasteiger partial charge in [0, 0.05) is 31.6 Å². The molecule has 0 unspecified atom stereocenters. The average molecular weight is 289 g/mol. The number of rotatable bonds is 4. The number of amides is 1. The van der Waals surface area contributed by atoms with E-state index >= 15 is 0 Å². The Balaban J connectivity index is 1.71. The van der Waals surface area contributed by atoms with Gasteiger partial charge in [-0.25, -0.2) is 4.98 Å². The number of carbonyl (C=O) groups excluding carboxylic acids is 1. The smallest absolute Gasteiger partial charge is 0.504 e. The van der Waals surface area contributed by atoms with Gasteiger partial charge < -0.3 is 19.5 Å². The van der Waals surface area contributed by atoms with Crippen LogP contribution in [0.1, 0.15) is 26.2 Å². The van der Waals surface area contributed by atoms with Crippen molar-refractivity contribution in [3.63, 3.8) is 0 Å². The molecule has 1 aromatic heterocycles. The van der Waals surface area contributed by atoms with Crippen LogP contribution in [0, 0.1) is 0 Å². The molecule has 0 aliphatic carbocycles. The van der Waals surface area contributed by atoms with Crippen molar-refractivity contribution in [2.75, 3.05) is 18.0 Å². The van der Waals surface area contributed by atoms with Crippen molar-refractivity contribution >= 4 is 19.4 Å². The van der Waals surface area contributed by atoms with Crippen LogP contribution in [-0.4, -0.2) is 53.7 Å². The summed E-state index contributed by atoms with van der Waals surface area (Å²) in [6.07, 6.45) is 4.37. The highest BCUT2D eigenvalue weighted by Crippen LogP contribution is 2.32. The maximum Gasteiger partial charge on any atom is 0.504 e. The van der Waals surface area contributed by atoms with Gasteiger partial charge in [0.05, 0.1) is 6.20 Å². The minimum absolute atomic E-state index is 0.266. The molecule has 112 valence electrons. The molecular formula is C14H20BN3O3. The van der Waals surface area contributed by atoms with Gasteiger partial charge in [0.1, 0.15) is 11.6 Å². The fourth-order valence-corrected chi connectivity index (χ4v) is 3.40. The van der Waals surface area contributed by atoms with Gasteiger partial charge in [-0.05, 0) is 25.0 Å². The van der Waals surface area contributed by atoms with E-state index in [0.29, 0.717) is 24.3 Å². The normalized spacial score (nSPS) is 24.1. The maximum absolute atomic E-state index is 12.0. The van der Waals surface area contributed by atoms with E-state index in [4.69, 9.17) is 9.68 Å². The zero-order chi connectivity index (χ0) is 14.8. The summed E-state index contributed by atoms with van der Waals surface area (Å²) in [5, 5.41) is 8.72. The monoisotopic (exact) mass is 289 g/mol. The molecule has 0 spiro atoms. The number of pyridine rings is 1. The van der Waals surface area contributed by atoms with Crippen molar-refractivity contribution < 1.29 is 14.5 Å². The van der Waals surface area contributed by atoms with Crippen molar-refractivity contribution in [3.8, 4) is 5.75 Å². The van der Waals surface area contributed by atoms with Gasteiger partial charge in [-0.1, -0.05) is 6.92 Å². The third kappa shape index (κ3) is 2.70. The second-order valence-electron chi connectivity index (χ2n) is 5.57. The van der Waals surface area contributed by atoms with Crippen LogP contribution >= 0.6 is 0 Å². The average Bonchev–Trinajstić information content (AvgIpc) is 2.77. The summed E-state index contributed by atoms with van der Waals surface area (Å²) >= 11 is 0. The largest absolute Gasteiger partial charge is 0.538 e. The summed E-state index contributed by atoms with van der Waals surface area (Å²) in [5.41, 5.74) is 0. The lowest BCUT2D eigenvalue weighted by Crippen LogP contribution is -2.56. The van der Waals surface area contributed by atoms with E-state index in [2.05, 4.69) is 14.8 Å². The SMILES string of the molecule is CCC(=O)N1[C@@H]2CC[C@H]1CN(c1ccc(OBO)cn1)C2. The molecular weight excluding hydrogens is 269 g/mol. The molecule has 0 radical (unpaired) electrons. The summed E-state index contributed by atoms with van der Waals surface area (Å²) in [5.74, 6) is 1.73. The van der Waals surface area contributed by atoms with E-state index in [-0.39, 0.29) is 13.6 Å². The first-order chi connectivity index (χ1) is 10.2. The standard InChI is InChI=1S/C14H20BN3O3/c1-2-14(19)18-10-3-4-11(18)9-17(8-10)13-6-5-12(7-16-13)21-15-20/h5-7,10-11,15,20H,2-4,8-9H2,1H3/t10-,11+. The first kappa shape index (κ1) is 14.2. The van der Waals surface area contributed by atoms with E-state index in [1.165, 1.54) is 0 Å². The number of anilines is 1. The Morgan fingerprint density at radius 3 is 2.67 bits per heavy atom. The zero-order valence-electron chi connectivity index (χ0n) is 12.2. The molecule has 21 heavy (non-hydrogen) atoms. The Kier molecular flexibility index (Phi) is 4.01.